The predicted molar refractivity (Wildman–Crippen MR) is 72.4 cm³/mol. The molecule has 3 rings (SSSR count). The minimum atomic E-state index is -0.527. The van der Waals surface area contributed by atoms with Crippen LogP contribution in [-0.2, 0) is 9.53 Å². The van der Waals surface area contributed by atoms with Gasteiger partial charge in [-0.05, 0) is 63.7 Å². The molecular formula is C16H24O3. The van der Waals surface area contributed by atoms with Crippen LogP contribution in [0.15, 0.2) is 12.2 Å². The monoisotopic (exact) mass is 264 g/mol. The predicted octanol–water partition coefficient (Wildman–Crippen LogP) is 2.68. The number of fused-ring (bicyclic) bond motifs is 2. The minimum absolute atomic E-state index is 0.193. The highest BCUT2D eigenvalue weighted by Gasteiger charge is 2.45. The number of aliphatic hydroxyl groups excluding tert-OH is 1. The van der Waals surface area contributed by atoms with E-state index in [-0.39, 0.29) is 23.4 Å². The van der Waals surface area contributed by atoms with Crippen molar-refractivity contribution in [3.05, 3.63) is 12.2 Å². The molecule has 2 fully saturated rings. The van der Waals surface area contributed by atoms with Crippen LogP contribution in [0, 0.1) is 23.7 Å². The molecule has 5 atom stereocenters. The second-order valence-electron chi connectivity index (χ2n) is 7.11. The molecule has 2 aliphatic carbocycles. The topological polar surface area (TPSA) is 46.5 Å². The lowest BCUT2D eigenvalue weighted by molar-refractivity contribution is -0.164. The van der Waals surface area contributed by atoms with Crippen LogP contribution < -0.4 is 0 Å². The van der Waals surface area contributed by atoms with Crippen molar-refractivity contribution in [3.8, 4) is 0 Å². The van der Waals surface area contributed by atoms with E-state index in [1.54, 1.807) is 0 Å². The standard InChI is InChI=1S/C16H24O3/c1-16(2)7-3-4-12(15(18)19-16)14(17)13-9-10-5-6-11(13)8-10/h5-6,10-14,17H,3-4,7-9H2,1-2H3. The number of carbonyl (C=O) groups excluding carboxylic acids is 1. The summed E-state index contributed by atoms with van der Waals surface area (Å²) in [5, 5.41) is 10.6. The summed E-state index contributed by atoms with van der Waals surface area (Å²) in [6.45, 7) is 3.92. The Morgan fingerprint density at radius 3 is 2.79 bits per heavy atom. The van der Waals surface area contributed by atoms with E-state index in [0.717, 1.165) is 32.1 Å². The van der Waals surface area contributed by atoms with E-state index in [0.29, 0.717) is 11.8 Å². The van der Waals surface area contributed by atoms with Gasteiger partial charge >= 0.3 is 5.97 Å². The zero-order chi connectivity index (χ0) is 13.6. The van der Waals surface area contributed by atoms with Gasteiger partial charge in [0, 0.05) is 0 Å². The third kappa shape index (κ3) is 2.45. The van der Waals surface area contributed by atoms with Gasteiger partial charge in [0.2, 0.25) is 0 Å². The molecule has 106 valence electrons. The quantitative estimate of drug-likeness (QED) is 0.616. The molecule has 0 aromatic carbocycles. The number of carbonyl (C=O) groups is 1. The minimum Gasteiger partial charge on any atom is -0.459 e. The number of ether oxygens (including phenoxy) is 1. The lowest BCUT2D eigenvalue weighted by Crippen LogP contribution is -2.38. The molecule has 0 radical (unpaired) electrons. The molecule has 19 heavy (non-hydrogen) atoms. The Balaban J connectivity index is 1.71. The molecule has 0 spiro atoms. The molecule has 1 N–H and O–H groups in total. The Labute approximate surface area is 115 Å². The average molecular weight is 264 g/mol. The van der Waals surface area contributed by atoms with E-state index in [1.807, 2.05) is 13.8 Å². The van der Waals surface area contributed by atoms with Crippen LogP contribution in [0.25, 0.3) is 0 Å². The lowest BCUT2D eigenvalue weighted by Gasteiger charge is -2.30. The van der Waals surface area contributed by atoms with E-state index in [4.69, 9.17) is 4.74 Å². The molecule has 1 aliphatic heterocycles. The lowest BCUT2D eigenvalue weighted by atomic mass is 9.80. The summed E-state index contributed by atoms with van der Waals surface area (Å²) < 4.78 is 5.56. The van der Waals surface area contributed by atoms with Crippen molar-refractivity contribution in [1.29, 1.82) is 0 Å². The van der Waals surface area contributed by atoms with Crippen molar-refractivity contribution in [2.75, 3.05) is 0 Å². The molecule has 5 unspecified atom stereocenters. The molecule has 0 aromatic rings. The highest BCUT2D eigenvalue weighted by Crippen LogP contribution is 2.47. The van der Waals surface area contributed by atoms with Gasteiger partial charge in [-0.15, -0.1) is 0 Å². The summed E-state index contributed by atoms with van der Waals surface area (Å²) in [5.74, 6) is 0.849. The summed E-state index contributed by atoms with van der Waals surface area (Å²) in [7, 11) is 0. The molecule has 0 aromatic heterocycles. The van der Waals surface area contributed by atoms with E-state index in [2.05, 4.69) is 12.2 Å². The fourth-order valence-corrected chi connectivity index (χ4v) is 4.09. The smallest absolute Gasteiger partial charge is 0.312 e. The Bertz CT molecular complexity index is 399. The molecule has 1 saturated heterocycles. The van der Waals surface area contributed by atoms with E-state index in [9.17, 15) is 9.90 Å². The summed E-state index contributed by atoms with van der Waals surface area (Å²) >= 11 is 0. The van der Waals surface area contributed by atoms with E-state index < -0.39 is 6.10 Å². The number of cyclic esters (lactones) is 1. The summed E-state index contributed by atoms with van der Waals surface area (Å²) in [4.78, 5) is 12.2. The fourth-order valence-electron chi connectivity index (χ4n) is 4.09. The van der Waals surface area contributed by atoms with Crippen LogP contribution in [0.1, 0.15) is 46.0 Å². The van der Waals surface area contributed by atoms with Gasteiger partial charge in [0.1, 0.15) is 5.60 Å². The normalized spacial score (nSPS) is 41.9. The van der Waals surface area contributed by atoms with E-state index >= 15 is 0 Å². The maximum Gasteiger partial charge on any atom is 0.312 e. The van der Waals surface area contributed by atoms with Crippen LogP contribution in [0.2, 0.25) is 0 Å². The largest absolute Gasteiger partial charge is 0.459 e. The highest BCUT2D eigenvalue weighted by atomic mass is 16.6. The van der Waals surface area contributed by atoms with Crippen LogP contribution in [0.3, 0.4) is 0 Å². The number of hydrogen-bond donors (Lipinski definition) is 1. The highest BCUT2D eigenvalue weighted by molar-refractivity contribution is 5.74. The first-order valence-corrected chi connectivity index (χ1v) is 7.55. The zero-order valence-electron chi connectivity index (χ0n) is 11.8. The molecule has 0 amide bonds. The maximum atomic E-state index is 12.2. The Hall–Kier alpha value is -0.830. The maximum absolute atomic E-state index is 12.2. The van der Waals surface area contributed by atoms with Crippen molar-refractivity contribution >= 4 is 5.97 Å². The Morgan fingerprint density at radius 2 is 2.16 bits per heavy atom. The van der Waals surface area contributed by atoms with Gasteiger partial charge in [-0.25, -0.2) is 0 Å². The Kier molecular flexibility index (Phi) is 3.20. The van der Waals surface area contributed by atoms with Gasteiger partial charge < -0.3 is 9.84 Å². The number of esters is 1. The van der Waals surface area contributed by atoms with Gasteiger partial charge in [0.05, 0.1) is 12.0 Å². The van der Waals surface area contributed by atoms with Crippen molar-refractivity contribution in [3.63, 3.8) is 0 Å². The molecule has 1 heterocycles. The first kappa shape index (κ1) is 13.2. The van der Waals surface area contributed by atoms with Crippen molar-refractivity contribution < 1.29 is 14.6 Å². The number of allylic oxidation sites excluding steroid dienone is 2. The van der Waals surface area contributed by atoms with Gasteiger partial charge in [0.25, 0.3) is 0 Å². The van der Waals surface area contributed by atoms with Crippen molar-refractivity contribution in [1.82, 2.24) is 0 Å². The summed E-state index contributed by atoms with van der Waals surface area (Å²) in [6.07, 6.45) is 8.78. The zero-order valence-corrected chi connectivity index (χ0v) is 11.8. The molecule has 3 nitrogen and oxygen atoms in total. The molecule has 3 aliphatic rings. The molecule has 1 saturated carbocycles. The molecular weight excluding hydrogens is 240 g/mol. The average Bonchev–Trinajstić information content (AvgIpc) is 2.91. The second-order valence-corrected chi connectivity index (χ2v) is 7.11. The van der Waals surface area contributed by atoms with Gasteiger partial charge in [-0.3, -0.25) is 4.79 Å². The number of hydrogen-bond acceptors (Lipinski definition) is 3. The first-order chi connectivity index (χ1) is 8.96. The number of rotatable bonds is 2. The second kappa shape index (κ2) is 4.62. The number of aliphatic hydroxyl groups is 1. The van der Waals surface area contributed by atoms with Crippen LogP contribution in [0.5, 0.6) is 0 Å². The first-order valence-electron chi connectivity index (χ1n) is 7.55. The Morgan fingerprint density at radius 1 is 1.37 bits per heavy atom. The van der Waals surface area contributed by atoms with Crippen LogP contribution >= 0.6 is 0 Å². The van der Waals surface area contributed by atoms with Gasteiger partial charge in [-0.1, -0.05) is 12.2 Å². The van der Waals surface area contributed by atoms with Gasteiger partial charge in [-0.2, -0.15) is 0 Å². The molecule has 2 bridgehead atoms. The summed E-state index contributed by atoms with van der Waals surface area (Å²) in [5.41, 5.74) is -0.375. The SMILES string of the molecule is CC1(C)CCCC(C(O)C2CC3C=CC2C3)C(=O)O1. The molecule has 3 heteroatoms. The van der Waals surface area contributed by atoms with Crippen LogP contribution in [0.4, 0.5) is 0 Å². The van der Waals surface area contributed by atoms with E-state index in [1.165, 1.54) is 0 Å². The van der Waals surface area contributed by atoms with Gasteiger partial charge in [0.15, 0.2) is 0 Å². The van der Waals surface area contributed by atoms with Crippen molar-refractivity contribution in [2.24, 2.45) is 23.7 Å². The fraction of sp³-hybridized carbons (Fsp3) is 0.812. The summed E-state index contributed by atoms with van der Waals surface area (Å²) in [6, 6.07) is 0. The van der Waals surface area contributed by atoms with Crippen LogP contribution in [-0.4, -0.2) is 22.8 Å². The van der Waals surface area contributed by atoms with Crippen molar-refractivity contribution in [2.45, 2.75) is 57.7 Å². The third-order valence-electron chi connectivity index (χ3n) is 5.15. The third-order valence-corrected chi connectivity index (χ3v) is 5.15.